The Bertz CT molecular complexity index is 363. The Morgan fingerprint density at radius 1 is 1.41 bits per heavy atom. The number of unbranched alkanes of at least 4 members (excludes halogenated alkanes) is 2. The van der Waals surface area contributed by atoms with E-state index in [0.717, 1.165) is 42.8 Å². The van der Waals surface area contributed by atoms with Crippen LogP contribution >= 0.6 is 11.3 Å². The van der Waals surface area contributed by atoms with Crippen LogP contribution in [0.5, 0.6) is 0 Å². The van der Waals surface area contributed by atoms with Crippen molar-refractivity contribution in [3.8, 4) is 0 Å². The van der Waals surface area contributed by atoms with E-state index in [1.54, 1.807) is 6.07 Å². The number of aromatic carboxylic acids is 1. The van der Waals surface area contributed by atoms with E-state index < -0.39 is 5.97 Å². The summed E-state index contributed by atoms with van der Waals surface area (Å²) in [6.07, 6.45) is 2.91. The summed E-state index contributed by atoms with van der Waals surface area (Å²) < 4.78 is 0. The molecule has 0 saturated carbocycles. The summed E-state index contributed by atoms with van der Waals surface area (Å²) in [6.45, 7) is 3.82. The molecule has 1 rings (SSSR count). The lowest BCUT2D eigenvalue weighted by atomic mass is 10.2. The van der Waals surface area contributed by atoms with Crippen LogP contribution in [0.1, 0.15) is 39.4 Å². The van der Waals surface area contributed by atoms with Crippen molar-refractivity contribution in [2.45, 2.75) is 32.7 Å². The number of rotatable bonds is 8. The van der Waals surface area contributed by atoms with Crippen LogP contribution in [0.4, 0.5) is 0 Å². The predicted octanol–water partition coefficient (Wildman–Crippen LogP) is 2.01. The SMILES string of the molecule is Cc1sc(C(=O)O)cc1CNCCCCCO. The molecule has 0 spiro atoms. The number of thiophene rings is 1. The van der Waals surface area contributed by atoms with E-state index >= 15 is 0 Å². The second kappa shape index (κ2) is 7.42. The van der Waals surface area contributed by atoms with Gasteiger partial charge in [-0.05, 0) is 44.4 Å². The fraction of sp³-hybridized carbons (Fsp3) is 0.583. The van der Waals surface area contributed by atoms with Gasteiger partial charge in [-0.2, -0.15) is 0 Å². The Hall–Kier alpha value is -0.910. The minimum absolute atomic E-state index is 0.256. The van der Waals surface area contributed by atoms with Crippen molar-refractivity contribution in [2.24, 2.45) is 0 Å². The fourth-order valence-corrected chi connectivity index (χ4v) is 2.44. The second-order valence-electron chi connectivity index (χ2n) is 3.96. The lowest BCUT2D eigenvalue weighted by Gasteiger charge is -2.03. The maximum absolute atomic E-state index is 10.8. The quantitative estimate of drug-likeness (QED) is 0.623. The lowest BCUT2D eigenvalue weighted by molar-refractivity contribution is 0.0702. The van der Waals surface area contributed by atoms with Gasteiger partial charge >= 0.3 is 5.97 Å². The molecule has 0 radical (unpaired) electrons. The molecule has 1 aromatic rings. The Kier molecular flexibility index (Phi) is 6.18. The first-order valence-corrected chi connectivity index (χ1v) is 6.61. The third kappa shape index (κ3) is 4.85. The average Bonchev–Trinajstić information content (AvgIpc) is 2.65. The summed E-state index contributed by atoms with van der Waals surface area (Å²) in [5.41, 5.74) is 1.06. The highest BCUT2D eigenvalue weighted by atomic mass is 32.1. The lowest BCUT2D eigenvalue weighted by Crippen LogP contribution is -2.14. The van der Waals surface area contributed by atoms with E-state index in [1.807, 2.05) is 6.92 Å². The van der Waals surface area contributed by atoms with Crippen LogP contribution in [0.2, 0.25) is 0 Å². The molecule has 0 aromatic carbocycles. The van der Waals surface area contributed by atoms with Crippen LogP contribution in [0.15, 0.2) is 6.07 Å². The molecular formula is C12H19NO3S. The summed E-state index contributed by atoms with van der Waals surface area (Å²) in [5, 5.41) is 20.8. The molecule has 0 atom stereocenters. The van der Waals surface area contributed by atoms with Crippen molar-refractivity contribution in [3.05, 3.63) is 21.4 Å². The standard InChI is InChI=1S/C12H19NO3S/c1-9-10(7-11(17-9)12(15)16)8-13-5-3-2-4-6-14/h7,13-14H,2-6,8H2,1H3,(H,15,16). The third-order valence-corrected chi connectivity index (χ3v) is 3.64. The second-order valence-corrected chi connectivity index (χ2v) is 5.21. The Labute approximate surface area is 105 Å². The number of carbonyl (C=O) groups is 1. The van der Waals surface area contributed by atoms with E-state index in [-0.39, 0.29) is 6.61 Å². The molecule has 0 unspecified atom stereocenters. The monoisotopic (exact) mass is 257 g/mol. The van der Waals surface area contributed by atoms with Gasteiger partial charge in [-0.15, -0.1) is 11.3 Å². The topological polar surface area (TPSA) is 69.6 Å². The van der Waals surface area contributed by atoms with E-state index in [9.17, 15) is 4.79 Å². The van der Waals surface area contributed by atoms with Crippen molar-refractivity contribution in [1.82, 2.24) is 5.32 Å². The molecule has 17 heavy (non-hydrogen) atoms. The molecule has 0 aliphatic rings. The smallest absolute Gasteiger partial charge is 0.345 e. The van der Waals surface area contributed by atoms with Crippen LogP contribution in [-0.2, 0) is 6.54 Å². The zero-order chi connectivity index (χ0) is 12.7. The number of hydrogen-bond donors (Lipinski definition) is 3. The molecule has 0 fully saturated rings. The highest BCUT2D eigenvalue weighted by Crippen LogP contribution is 2.21. The van der Waals surface area contributed by atoms with Gasteiger partial charge in [-0.1, -0.05) is 0 Å². The van der Waals surface area contributed by atoms with Crippen LogP contribution in [0.3, 0.4) is 0 Å². The predicted molar refractivity (Wildman–Crippen MR) is 68.7 cm³/mol. The van der Waals surface area contributed by atoms with Crippen LogP contribution in [-0.4, -0.2) is 29.3 Å². The average molecular weight is 257 g/mol. The molecule has 4 nitrogen and oxygen atoms in total. The summed E-state index contributed by atoms with van der Waals surface area (Å²) in [5.74, 6) is -0.854. The zero-order valence-electron chi connectivity index (χ0n) is 10.0. The molecule has 1 aromatic heterocycles. The summed E-state index contributed by atoms with van der Waals surface area (Å²) in [4.78, 5) is 12.2. The summed E-state index contributed by atoms with van der Waals surface area (Å²) >= 11 is 1.32. The summed E-state index contributed by atoms with van der Waals surface area (Å²) in [6, 6.07) is 1.74. The van der Waals surface area contributed by atoms with Gasteiger partial charge in [-0.25, -0.2) is 4.79 Å². The number of nitrogens with one attached hydrogen (secondary N) is 1. The van der Waals surface area contributed by atoms with E-state index in [2.05, 4.69) is 5.32 Å². The molecule has 0 aliphatic heterocycles. The Morgan fingerprint density at radius 2 is 2.18 bits per heavy atom. The zero-order valence-corrected chi connectivity index (χ0v) is 10.8. The van der Waals surface area contributed by atoms with E-state index in [4.69, 9.17) is 10.2 Å². The number of carboxylic acid groups (broad SMARTS) is 1. The normalized spacial score (nSPS) is 10.7. The fourth-order valence-electron chi connectivity index (χ4n) is 1.56. The van der Waals surface area contributed by atoms with Gasteiger partial charge in [0.05, 0.1) is 0 Å². The highest BCUT2D eigenvalue weighted by molar-refractivity contribution is 7.14. The minimum Gasteiger partial charge on any atom is -0.477 e. The van der Waals surface area contributed by atoms with Crippen LogP contribution in [0.25, 0.3) is 0 Å². The van der Waals surface area contributed by atoms with Gasteiger partial charge in [0.1, 0.15) is 4.88 Å². The van der Waals surface area contributed by atoms with Crippen molar-refractivity contribution in [3.63, 3.8) is 0 Å². The number of aliphatic hydroxyl groups excluding tert-OH is 1. The van der Waals surface area contributed by atoms with Gasteiger partial charge in [0.15, 0.2) is 0 Å². The van der Waals surface area contributed by atoms with Crippen LogP contribution < -0.4 is 5.32 Å². The first-order chi connectivity index (χ1) is 8.15. The minimum atomic E-state index is -0.854. The molecule has 96 valence electrons. The van der Waals surface area contributed by atoms with Gasteiger partial charge in [0.25, 0.3) is 0 Å². The maximum Gasteiger partial charge on any atom is 0.345 e. The Balaban J connectivity index is 2.29. The first kappa shape index (κ1) is 14.2. The molecule has 3 N–H and O–H groups in total. The third-order valence-electron chi connectivity index (χ3n) is 2.56. The van der Waals surface area contributed by atoms with Crippen molar-refractivity contribution in [2.75, 3.05) is 13.2 Å². The molecule has 1 heterocycles. The maximum atomic E-state index is 10.8. The molecule has 0 bridgehead atoms. The molecular weight excluding hydrogens is 238 g/mol. The molecule has 0 aliphatic carbocycles. The largest absolute Gasteiger partial charge is 0.477 e. The number of aryl methyl sites for hydroxylation is 1. The van der Waals surface area contributed by atoms with Crippen molar-refractivity contribution < 1.29 is 15.0 Å². The number of hydrogen-bond acceptors (Lipinski definition) is 4. The first-order valence-electron chi connectivity index (χ1n) is 5.79. The molecule has 0 saturated heterocycles. The molecule has 0 amide bonds. The van der Waals surface area contributed by atoms with E-state index in [0.29, 0.717) is 4.88 Å². The Morgan fingerprint density at radius 3 is 2.76 bits per heavy atom. The summed E-state index contributed by atoms with van der Waals surface area (Å²) in [7, 11) is 0. The number of carboxylic acids is 1. The number of aliphatic hydroxyl groups is 1. The van der Waals surface area contributed by atoms with Crippen molar-refractivity contribution >= 4 is 17.3 Å². The van der Waals surface area contributed by atoms with Crippen LogP contribution in [0, 0.1) is 6.92 Å². The highest BCUT2D eigenvalue weighted by Gasteiger charge is 2.10. The van der Waals surface area contributed by atoms with E-state index in [1.165, 1.54) is 11.3 Å². The van der Waals surface area contributed by atoms with Gasteiger partial charge < -0.3 is 15.5 Å². The van der Waals surface area contributed by atoms with Gasteiger partial charge in [0, 0.05) is 18.0 Å². The van der Waals surface area contributed by atoms with Gasteiger partial charge in [-0.3, -0.25) is 0 Å². The van der Waals surface area contributed by atoms with Crippen molar-refractivity contribution in [1.29, 1.82) is 0 Å². The van der Waals surface area contributed by atoms with Gasteiger partial charge in [0.2, 0.25) is 0 Å². The molecule has 5 heteroatoms.